The van der Waals surface area contributed by atoms with Crippen LogP contribution < -0.4 is 15.8 Å². The Bertz CT molecular complexity index is 547. The number of amides is 2. The summed E-state index contributed by atoms with van der Waals surface area (Å²) in [5.74, 6) is 0.214. The Hall–Kier alpha value is -1.41. The maximum atomic E-state index is 11.7. The number of anilines is 1. The zero-order chi connectivity index (χ0) is 15.0. The predicted molar refractivity (Wildman–Crippen MR) is 82.2 cm³/mol. The quantitative estimate of drug-likeness (QED) is 0.521. The summed E-state index contributed by atoms with van der Waals surface area (Å²) in [6, 6.07) is 6.53. The minimum absolute atomic E-state index is 0.133. The van der Waals surface area contributed by atoms with Gasteiger partial charge in [0.1, 0.15) is 0 Å². The molecule has 8 heteroatoms. The summed E-state index contributed by atoms with van der Waals surface area (Å²) in [6.45, 7) is 2.33. The number of hydrogen-bond acceptors (Lipinski definition) is 5. The second-order valence-corrected chi connectivity index (χ2v) is 7.11. The molecule has 0 spiro atoms. The van der Waals surface area contributed by atoms with Crippen LogP contribution in [0.2, 0.25) is 0 Å². The summed E-state index contributed by atoms with van der Waals surface area (Å²) in [6.07, 6.45) is 0.749. The average Bonchev–Trinajstić information content (AvgIpc) is 2.35. The number of hydrogen-bond donors (Lipinski definition) is 3. The third-order valence-corrected chi connectivity index (χ3v) is 4.75. The minimum atomic E-state index is -3.61. The van der Waals surface area contributed by atoms with Crippen LogP contribution in [0.4, 0.5) is 10.5 Å². The summed E-state index contributed by atoms with van der Waals surface area (Å²) in [7, 11) is -3.61. The van der Waals surface area contributed by atoms with E-state index in [0.717, 1.165) is 11.3 Å². The van der Waals surface area contributed by atoms with Crippen molar-refractivity contribution in [1.82, 2.24) is 10.0 Å². The molecular weight excluding hydrogens is 298 g/mol. The molecule has 1 aromatic rings. The molecule has 0 aromatic heterocycles. The van der Waals surface area contributed by atoms with Gasteiger partial charge >= 0.3 is 6.03 Å². The van der Waals surface area contributed by atoms with E-state index in [4.69, 9.17) is 5.73 Å². The number of urea groups is 1. The normalized spacial score (nSPS) is 11.1. The van der Waals surface area contributed by atoms with Crippen LogP contribution in [-0.2, 0) is 10.0 Å². The number of benzene rings is 1. The molecule has 1 aromatic carbocycles. The van der Waals surface area contributed by atoms with Gasteiger partial charge in [-0.25, -0.2) is 17.9 Å². The lowest BCUT2D eigenvalue weighted by atomic mass is 10.3. The van der Waals surface area contributed by atoms with Gasteiger partial charge in [-0.3, -0.25) is 0 Å². The molecule has 0 heterocycles. The van der Waals surface area contributed by atoms with Crippen molar-refractivity contribution in [2.24, 2.45) is 0 Å². The van der Waals surface area contributed by atoms with Gasteiger partial charge in [0.15, 0.2) is 0 Å². The summed E-state index contributed by atoms with van der Waals surface area (Å²) >= 11 is 1.38. The van der Waals surface area contributed by atoms with Gasteiger partial charge in [-0.2, -0.15) is 0 Å². The standard InChI is InChI=1S/C12H19N3O3S2/c1-2-6-14-12(16)15-20(17,18)8-7-19-11-5-3-4-10(13)9-11/h3-5,9H,2,6-8,13H2,1H3,(H2,14,15,16). The van der Waals surface area contributed by atoms with Crippen LogP contribution in [0.1, 0.15) is 13.3 Å². The SMILES string of the molecule is CCCNC(=O)NS(=O)(=O)CCSc1cccc(N)c1. The number of carbonyl (C=O) groups is 1. The number of thioether (sulfide) groups is 1. The van der Waals surface area contributed by atoms with Gasteiger partial charge in [0.2, 0.25) is 10.0 Å². The Labute approximate surface area is 123 Å². The van der Waals surface area contributed by atoms with Crippen LogP contribution >= 0.6 is 11.8 Å². The molecule has 0 bridgehead atoms. The molecule has 0 aliphatic heterocycles. The zero-order valence-electron chi connectivity index (χ0n) is 11.3. The van der Waals surface area contributed by atoms with Crippen molar-refractivity contribution in [1.29, 1.82) is 0 Å². The van der Waals surface area contributed by atoms with Crippen molar-refractivity contribution in [3.8, 4) is 0 Å². The monoisotopic (exact) mass is 317 g/mol. The highest BCUT2D eigenvalue weighted by atomic mass is 32.2. The van der Waals surface area contributed by atoms with E-state index in [-0.39, 0.29) is 5.75 Å². The average molecular weight is 317 g/mol. The van der Waals surface area contributed by atoms with Crippen LogP contribution in [0, 0.1) is 0 Å². The molecule has 0 aliphatic carbocycles. The highest BCUT2D eigenvalue weighted by molar-refractivity contribution is 8.00. The van der Waals surface area contributed by atoms with E-state index < -0.39 is 16.1 Å². The van der Waals surface area contributed by atoms with Gasteiger partial charge in [0.25, 0.3) is 0 Å². The van der Waals surface area contributed by atoms with Gasteiger partial charge in [-0.15, -0.1) is 11.8 Å². The van der Waals surface area contributed by atoms with Crippen molar-refractivity contribution in [2.75, 3.05) is 23.8 Å². The number of carbonyl (C=O) groups excluding carboxylic acids is 1. The number of rotatable bonds is 7. The first-order valence-corrected chi connectivity index (χ1v) is 8.83. The van der Waals surface area contributed by atoms with Crippen LogP contribution in [-0.4, -0.2) is 32.5 Å². The second kappa shape index (κ2) is 8.01. The lowest BCUT2D eigenvalue weighted by Gasteiger charge is -2.08. The van der Waals surface area contributed by atoms with Crippen LogP contribution in [0.5, 0.6) is 0 Å². The Morgan fingerprint density at radius 1 is 1.40 bits per heavy atom. The van der Waals surface area contributed by atoms with E-state index in [1.165, 1.54) is 11.8 Å². The minimum Gasteiger partial charge on any atom is -0.399 e. The molecule has 4 N–H and O–H groups in total. The third-order valence-electron chi connectivity index (χ3n) is 2.26. The largest absolute Gasteiger partial charge is 0.399 e. The van der Waals surface area contributed by atoms with E-state index in [1.54, 1.807) is 12.1 Å². The molecular formula is C12H19N3O3S2. The van der Waals surface area contributed by atoms with Gasteiger partial charge in [0, 0.05) is 22.9 Å². The van der Waals surface area contributed by atoms with E-state index in [1.807, 2.05) is 23.8 Å². The molecule has 0 fully saturated rings. The molecule has 0 radical (unpaired) electrons. The third kappa shape index (κ3) is 6.67. The molecule has 0 saturated heterocycles. The van der Waals surface area contributed by atoms with E-state index in [2.05, 4.69) is 5.32 Å². The van der Waals surface area contributed by atoms with E-state index >= 15 is 0 Å². The van der Waals surface area contributed by atoms with Crippen molar-refractivity contribution in [3.63, 3.8) is 0 Å². The maximum Gasteiger partial charge on any atom is 0.328 e. The van der Waals surface area contributed by atoms with E-state index in [0.29, 0.717) is 18.0 Å². The number of nitrogens with one attached hydrogen (secondary N) is 2. The number of nitrogens with two attached hydrogens (primary N) is 1. The maximum absolute atomic E-state index is 11.7. The molecule has 0 unspecified atom stereocenters. The molecule has 0 aliphatic rings. The first kappa shape index (κ1) is 16.6. The summed E-state index contributed by atoms with van der Waals surface area (Å²) < 4.78 is 25.3. The summed E-state index contributed by atoms with van der Waals surface area (Å²) in [5, 5.41) is 2.45. The van der Waals surface area contributed by atoms with Gasteiger partial charge < -0.3 is 11.1 Å². The van der Waals surface area contributed by atoms with Crippen molar-refractivity contribution < 1.29 is 13.2 Å². The lowest BCUT2D eigenvalue weighted by molar-refractivity contribution is 0.246. The Morgan fingerprint density at radius 2 is 2.15 bits per heavy atom. The Morgan fingerprint density at radius 3 is 2.80 bits per heavy atom. The Balaban J connectivity index is 2.38. The fourth-order valence-electron chi connectivity index (χ4n) is 1.34. The molecule has 6 nitrogen and oxygen atoms in total. The van der Waals surface area contributed by atoms with Crippen molar-refractivity contribution in [2.45, 2.75) is 18.2 Å². The number of nitrogen functional groups attached to an aromatic ring is 1. The molecule has 1 rings (SSSR count). The van der Waals surface area contributed by atoms with Gasteiger partial charge in [0.05, 0.1) is 5.75 Å². The van der Waals surface area contributed by atoms with Crippen LogP contribution in [0.3, 0.4) is 0 Å². The second-order valence-electron chi connectivity index (χ2n) is 4.10. The Kier molecular flexibility index (Phi) is 6.66. The van der Waals surface area contributed by atoms with Gasteiger partial charge in [-0.05, 0) is 24.6 Å². The zero-order valence-corrected chi connectivity index (χ0v) is 12.9. The highest BCUT2D eigenvalue weighted by Gasteiger charge is 2.13. The summed E-state index contributed by atoms with van der Waals surface area (Å²) in [4.78, 5) is 12.2. The first-order chi connectivity index (χ1) is 9.43. The summed E-state index contributed by atoms with van der Waals surface area (Å²) in [5.41, 5.74) is 6.27. The topological polar surface area (TPSA) is 101 Å². The predicted octanol–water partition coefficient (Wildman–Crippen LogP) is 1.40. The van der Waals surface area contributed by atoms with Crippen LogP contribution in [0.25, 0.3) is 0 Å². The molecule has 0 saturated carbocycles. The molecule has 20 heavy (non-hydrogen) atoms. The fourth-order valence-corrected chi connectivity index (χ4v) is 3.64. The van der Waals surface area contributed by atoms with Crippen molar-refractivity contribution in [3.05, 3.63) is 24.3 Å². The fraction of sp³-hybridized carbons (Fsp3) is 0.417. The van der Waals surface area contributed by atoms with E-state index in [9.17, 15) is 13.2 Å². The van der Waals surface area contributed by atoms with Gasteiger partial charge in [-0.1, -0.05) is 13.0 Å². The highest BCUT2D eigenvalue weighted by Crippen LogP contribution is 2.20. The molecule has 2 amide bonds. The lowest BCUT2D eigenvalue weighted by Crippen LogP contribution is -2.41. The van der Waals surface area contributed by atoms with Crippen molar-refractivity contribution >= 4 is 33.5 Å². The number of sulfonamides is 1. The molecule has 0 atom stereocenters. The van der Waals surface area contributed by atoms with Crippen LogP contribution in [0.15, 0.2) is 29.2 Å². The molecule has 112 valence electrons. The smallest absolute Gasteiger partial charge is 0.328 e. The first-order valence-electron chi connectivity index (χ1n) is 6.19.